The number of rotatable bonds is 4. The van der Waals surface area contributed by atoms with Gasteiger partial charge in [0.15, 0.2) is 6.29 Å². The standard InChI is InChI=1S/C12H16O3/c1-8-5-4-6-11(7-13)12(8)15-10(3)9(2)14/h4-7,9-10,14H,1-3H3. The molecule has 0 amide bonds. The second kappa shape index (κ2) is 4.94. The first kappa shape index (κ1) is 11.7. The van der Waals surface area contributed by atoms with Gasteiger partial charge in [0.1, 0.15) is 11.9 Å². The van der Waals surface area contributed by atoms with E-state index in [2.05, 4.69) is 0 Å². The molecular formula is C12H16O3. The Labute approximate surface area is 89.7 Å². The van der Waals surface area contributed by atoms with Gasteiger partial charge in [-0.2, -0.15) is 0 Å². The molecule has 0 aromatic heterocycles. The van der Waals surface area contributed by atoms with Gasteiger partial charge in [0.25, 0.3) is 0 Å². The molecule has 0 fully saturated rings. The normalized spacial score (nSPS) is 14.4. The molecule has 1 aromatic rings. The predicted molar refractivity (Wildman–Crippen MR) is 58.3 cm³/mol. The Morgan fingerprint density at radius 2 is 2.07 bits per heavy atom. The van der Waals surface area contributed by atoms with Gasteiger partial charge in [0.2, 0.25) is 0 Å². The topological polar surface area (TPSA) is 46.5 Å². The summed E-state index contributed by atoms with van der Waals surface area (Å²) in [7, 11) is 0. The summed E-state index contributed by atoms with van der Waals surface area (Å²) >= 11 is 0. The average Bonchev–Trinajstić information content (AvgIpc) is 2.20. The van der Waals surface area contributed by atoms with Crippen molar-refractivity contribution in [1.29, 1.82) is 0 Å². The molecule has 15 heavy (non-hydrogen) atoms. The van der Waals surface area contributed by atoms with Crippen molar-refractivity contribution < 1.29 is 14.6 Å². The lowest BCUT2D eigenvalue weighted by molar-refractivity contribution is 0.0593. The first-order valence-corrected chi connectivity index (χ1v) is 4.95. The maximum Gasteiger partial charge on any atom is 0.153 e. The molecule has 0 aliphatic heterocycles. The van der Waals surface area contributed by atoms with E-state index in [0.717, 1.165) is 11.8 Å². The summed E-state index contributed by atoms with van der Waals surface area (Å²) < 4.78 is 5.55. The van der Waals surface area contributed by atoms with Crippen LogP contribution in [0.25, 0.3) is 0 Å². The van der Waals surface area contributed by atoms with Gasteiger partial charge in [0, 0.05) is 0 Å². The first-order chi connectivity index (χ1) is 7.06. The number of hydrogen-bond acceptors (Lipinski definition) is 3. The summed E-state index contributed by atoms with van der Waals surface area (Å²) in [5, 5.41) is 9.32. The minimum Gasteiger partial charge on any atom is -0.487 e. The molecule has 82 valence electrons. The lowest BCUT2D eigenvalue weighted by Gasteiger charge is -2.19. The fourth-order valence-electron chi connectivity index (χ4n) is 1.21. The second-order valence-corrected chi connectivity index (χ2v) is 3.67. The third kappa shape index (κ3) is 2.80. The summed E-state index contributed by atoms with van der Waals surface area (Å²) in [6.45, 7) is 5.30. The van der Waals surface area contributed by atoms with E-state index in [9.17, 15) is 9.90 Å². The predicted octanol–water partition coefficient (Wildman–Crippen LogP) is 1.96. The Balaban J connectivity index is 2.97. The van der Waals surface area contributed by atoms with Crippen LogP contribution < -0.4 is 4.74 Å². The molecular weight excluding hydrogens is 192 g/mol. The van der Waals surface area contributed by atoms with Crippen molar-refractivity contribution in [3.63, 3.8) is 0 Å². The largest absolute Gasteiger partial charge is 0.487 e. The fourth-order valence-corrected chi connectivity index (χ4v) is 1.21. The molecule has 0 saturated heterocycles. The van der Waals surface area contributed by atoms with Crippen LogP contribution in [0.3, 0.4) is 0 Å². The molecule has 0 radical (unpaired) electrons. The molecule has 2 unspecified atom stereocenters. The number of aliphatic hydroxyl groups excluding tert-OH is 1. The zero-order valence-corrected chi connectivity index (χ0v) is 9.23. The number of carbonyl (C=O) groups excluding carboxylic acids is 1. The van der Waals surface area contributed by atoms with Crippen molar-refractivity contribution in [2.75, 3.05) is 0 Å². The van der Waals surface area contributed by atoms with Crippen LogP contribution in [0, 0.1) is 6.92 Å². The van der Waals surface area contributed by atoms with Crippen LogP contribution in [0.1, 0.15) is 29.8 Å². The summed E-state index contributed by atoms with van der Waals surface area (Å²) in [6, 6.07) is 5.38. The van der Waals surface area contributed by atoms with Gasteiger partial charge < -0.3 is 9.84 Å². The van der Waals surface area contributed by atoms with Crippen LogP contribution in [0.15, 0.2) is 18.2 Å². The summed E-state index contributed by atoms with van der Waals surface area (Å²) in [5.74, 6) is 0.556. The highest BCUT2D eigenvalue weighted by atomic mass is 16.5. The molecule has 2 atom stereocenters. The van der Waals surface area contributed by atoms with Crippen LogP contribution >= 0.6 is 0 Å². The summed E-state index contributed by atoms with van der Waals surface area (Å²) in [4.78, 5) is 10.8. The molecule has 0 aliphatic carbocycles. The van der Waals surface area contributed by atoms with E-state index in [1.165, 1.54) is 0 Å². The van der Waals surface area contributed by atoms with Crippen molar-refractivity contribution in [2.24, 2.45) is 0 Å². The molecule has 3 heteroatoms. The van der Waals surface area contributed by atoms with E-state index in [4.69, 9.17) is 4.74 Å². The van der Waals surface area contributed by atoms with E-state index in [-0.39, 0.29) is 6.10 Å². The number of benzene rings is 1. The minimum absolute atomic E-state index is 0.329. The van der Waals surface area contributed by atoms with Gasteiger partial charge in [-0.05, 0) is 32.4 Å². The minimum atomic E-state index is -0.566. The Kier molecular flexibility index (Phi) is 3.86. The zero-order valence-electron chi connectivity index (χ0n) is 9.23. The van der Waals surface area contributed by atoms with Crippen LogP contribution in [0.2, 0.25) is 0 Å². The number of carbonyl (C=O) groups is 1. The van der Waals surface area contributed by atoms with Crippen LogP contribution in [-0.4, -0.2) is 23.6 Å². The third-order valence-electron chi connectivity index (χ3n) is 2.35. The molecule has 1 N–H and O–H groups in total. The quantitative estimate of drug-likeness (QED) is 0.769. The molecule has 0 saturated carbocycles. The van der Waals surface area contributed by atoms with Crippen molar-refractivity contribution in [1.82, 2.24) is 0 Å². The third-order valence-corrected chi connectivity index (χ3v) is 2.35. The van der Waals surface area contributed by atoms with Gasteiger partial charge in [-0.25, -0.2) is 0 Å². The van der Waals surface area contributed by atoms with Crippen molar-refractivity contribution in [3.05, 3.63) is 29.3 Å². The Morgan fingerprint density at radius 3 is 2.60 bits per heavy atom. The number of aldehydes is 1. The van der Waals surface area contributed by atoms with Crippen LogP contribution in [-0.2, 0) is 0 Å². The van der Waals surface area contributed by atoms with Gasteiger partial charge >= 0.3 is 0 Å². The fraction of sp³-hybridized carbons (Fsp3) is 0.417. The van der Waals surface area contributed by atoms with E-state index in [1.54, 1.807) is 26.0 Å². The molecule has 0 heterocycles. The van der Waals surface area contributed by atoms with Crippen molar-refractivity contribution >= 4 is 6.29 Å². The first-order valence-electron chi connectivity index (χ1n) is 4.95. The van der Waals surface area contributed by atoms with Gasteiger partial charge in [0.05, 0.1) is 11.7 Å². The lowest BCUT2D eigenvalue weighted by Crippen LogP contribution is -2.26. The Bertz CT molecular complexity index is 345. The highest BCUT2D eigenvalue weighted by Gasteiger charge is 2.14. The number of ether oxygens (including phenoxy) is 1. The van der Waals surface area contributed by atoms with Crippen molar-refractivity contribution in [2.45, 2.75) is 33.0 Å². The lowest BCUT2D eigenvalue weighted by atomic mass is 10.1. The summed E-state index contributed by atoms with van der Waals surface area (Å²) in [6.07, 6.45) is -0.134. The van der Waals surface area contributed by atoms with Gasteiger partial charge in [-0.1, -0.05) is 12.1 Å². The molecule has 0 bridgehead atoms. The van der Waals surface area contributed by atoms with Gasteiger partial charge in [-0.15, -0.1) is 0 Å². The SMILES string of the molecule is Cc1cccc(C=O)c1OC(C)C(C)O. The maximum atomic E-state index is 10.8. The monoisotopic (exact) mass is 208 g/mol. The zero-order chi connectivity index (χ0) is 11.4. The van der Waals surface area contributed by atoms with E-state index >= 15 is 0 Å². The summed E-state index contributed by atoms with van der Waals surface area (Å²) in [5.41, 5.74) is 1.41. The Morgan fingerprint density at radius 1 is 1.40 bits per heavy atom. The molecule has 1 aromatic carbocycles. The highest BCUT2D eigenvalue weighted by molar-refractivity contribution is 5.80. The number of aryl methyl sites for hydroxylation is 1. The van der Waals surface area contributed by atoms with E-state index in [0.29, 0.717) is 11.3 Å². The Hall–Kier alpha value is -1.35. The van der Waals surface area contributed by atoms with Gasteiger partial charge in [-0.3, -0.25) is 4.79 Å². The number of hydrogen-bond donors (Lipinski definition) is 1. The van der Waals surface area contributed by atoms with Crippen molar-refractivity contribution in [3.8, 4) is 5.75 Å². The average molecular weight is 208 g/mol. The smallest absolute Gasteiger partial charge is 0.153 e. The van der Waals surface area contributed by atoms with Crippen LogP contribution in [0.4, 0.5) is 0 Å². The second-order valence-electron chi connectivity index (χ2n) is 3.67. The van der Waals surface area contributed by atoms with Crippen LogP contribution in [0.5, 0.6) is 5.75 Å². The highest BCUT2D eigenvalue weighted by Crippen LogP contribution is 2.23. The maximum absolute atomic E-state index is 10.8. The molecule has 0 spiro atoms. The molecule has 1 rings (SSSR count). The molecule has 3 nitrogen and oxygen atoms in total. The van der Waals surface area contributed by atoms with E-state index in [1.807, 2.05) is 13.0 Å². The number of aliphatic hydroxyl groups is 1. The van der Waals surface area contributed by atoms with E-state index < -0.39 is 6.10 Å². The number of para-hydroxylation sites is 1. The molecule has 0 aliphatic rings.